The van der Waals surface area contributed by atoms with E-state index in [2.05, 4.69) is 40.4 Å². The smallest absolute Gasteiger partial charge is 0.186 e. The molecule has 9 heteroatoms. The molecule has 0 amide bonds. The van der Waals surface area contributed by atoms with Crippen LogP contribution in [0, 0.1) is 38.5 Å². The maximum absolute atomic E-state index is 6.23. The zero-order valence-corrected chi connectivity index (χ0v) is 28.1. The SMILES string of the molecule is CC.CC.CN.SCC1CN(c2nc3ccc(Cl)cc3s2)Cc2[nH]c3ccc(Cl)cc3c21.[CH3-].[U]. The van der Waals surface area contributed by atoms with Crippen LogP contribution in [0.3, 0.4) is 0 Å². The molecular weight excluding hydrogens is 729 g/mol. The Labute approximate surface area is 247 Å². The molecule has 2 aromatic heterocycles. The molecule has 4 aromatic rings. The van der Waals surface area contributed by atoms with Gasteiger partial charge in [-0.3, -0.25) is 0 Å². The van der Waals surface area contributed by atoms with E-state index in [0.717, 1.165) is 49.8 Å². The van der Waals surface area contributed by atoms with E-state index in [-0.39, 0.29) is 38.5 Å². The first-order chi connectivity index (χ1) is 15.6. The van der Waals surface area contributed by atoms with Gasteiger partial charge in [0.15, 0.2) is 5.13 Å². The Hall–Kier alpha value is -0.388. The van der Waals surface area contributed by atoms with Gasteiger partial charge in [-0.25, -0.2) is 4.98 Å². The van der Waals surface area contributed by atoms with Crippen molar-refractivity contribution in [1.82, 2.24) is 9.97 Å². The van der Waals surface area contributed by atoms with Crippen molar-refractivity contribution in [3.63, 3.8) is 0 Å². The van der Waals surface area contributed by atoms with Gasteiger partial charge in [-0.05, 0) is 54.8 Å². The minimum absolute atomic E-state index is 0. The number of nitrogens with zero attached hydrogens (tertiary/aromatic N) is 2. The van der Waals surface area contributed by atoms with Crippen LogP contribution in [-0.2, 0) is 6.54 Å². The van der Waals surface area contributed by atoms with Crippen LogP contribution >= 0.6 is 47.2 Å². The number of thiazole rings is 1. The number of nitrogens with one attached hydrogen (secondary N) is 1. The standard InChI is InChI=1S/C19H15Cl2N3S2.2C2H6.CH5N.CH3.U/c20-11-1-3-14-13(5-11)18-10(9-25)7-24(8-16(18)22-14)19-23-15-4-2-12(21)6-17(15)26-19;3*1-2;;/h1-6,10,22,25H,7-9H2;2*1-2H3;2H2,1H3;1H3;/q;;;;-1;. The van der Waals surface area contributed by atoms with Gasteiger partial charge in [-0.1, -0.05) is 62.2 Å². The maximum atomic E-state index is 6.23. The molecule has 3 heterocycles. The van der Waals surface area contributed by atoms with Gasteiger partial charge in [0, 0.05) is 70.2 Å². The quantitative estimate of drug-likeness (QED) is 0.143. The number of halogens is 2. The molecule has 3 N–H and O–H groups in total. The third kappa shape index (κ3) is 7.32. The van der Waals surface area contributed by atoms with Crippen LogP contribution in [0.25, 0.3) is 21.1 Å². The van der Waals surface area contributed by atoms with Crippen LogP contribution in [-0.4, -0.2) is 29.3 Å². The van der Waals surface area contributed by atoms with Crippen molar-refractivity contribution in [2.75, 3.05) is 24.2 Å². The molecule has 4 nitrogen and oxygen atoms in total. The first-order valence-corrected chi connectivity index (χ1v) is 13.1. The monoisotopic (exact) mass is 763 g/mol. The number of hydrogen-bond donors (Lipinski definition) is 3. The number of aromatic amines is 1. The average Bonchev–Trinajstić information content (AvgIpc) is 3.43. The van der Waals surface area contributed by atoms with Crippen LogP contribution in [0.5, 0.6) is 0 Å². The largest absolute Gasteiger partial charge is 0.358 e. The maximum Gasteiger partial charge on any atom is 0.186 e. The molecule has 0 spiro atoms. The van der Waals surface area contributed by atoms with Crippen molar-refractivity contribution in [2.45, 2.75) is 40.2 Å². The van der Waals surface area contributed by atoms with Crippen molar-refractivity contribution in [2.24, 2.45) is 5.73 Å². The molecule has 0 saturated heterocycles. The van der Waals surface area contributed by atoms with Gasteiger partial charge in [0.25, 0.3) is 0 Å². The molecular formula is C25H35Cl2N4S2U-. The van der Waals surface area contributed by atoms with Crippen LogP contribution < -0.4 is 10.6 Å². The summed E-state index contributed by atoms with van der Waals surface area (Å²) in [6.07, 6.45) is 0. The van der Waals surface area contributed by atoms with Crippen molar-refractivity contribution >= 4 is 73.4 Å². The van der Waals surface area contributed by atoms with E-state index >= 15 is 0 Å². The predicted molar refractivity (Wildman–Crippen MR) is 155 cm³/mol. The minimum atomic E-state index is 0. The third-order valence-electron chi connectivity index (χ3n) is 4.91. The summed E-state index contributed by atoms with van der Waals surface area (Å²) in [6, 6.07) is 11.9. The second-order valence-electron chi connectivity index (χ2n) is 6.58. The van der Waals surface area contributed by atoms with E-state index in [0.29, 0.717) is 5.92 Å². The van der Waals surface area contributed by atoms with Gasteiger partial charge in [-0.2, -0.15) is 12.6 Å². The fraction of sp³-hybridized carbons (Fsp3) is 0.360. The van der Waals surface area contributed by atoms with E-state index in [9.17, 15) is 0 Å². The number of nitrogens with two attached hydrogens (primary N) is 1. The van der Waals surface area contributed by atoms with E-state index in [1.807, 2.05) is 52.0 Å². The van der Waals surface area contributed by atoms with Gasteiger partial charge >= 0.3 is 0 Å². The molecule has 0 radical (unpaired) electrons. The number of thiol groups is 1. The zero-order chi connectivity index (χ0) is 23.8. The molecule has 0 bridgehead atoms. The zero-order valence-electron chi connectivity index (χ0n) is 20.7. The van der Waals surface area contributed by atoms with Gasteiger partial charge in [-0.15, -0.1) is 0 Å². The molecule has 1 unspecified atom stereocenters. The Morgan fingerprint density at radius 1 is 1.09 bits per heavy atom. The van der Waals surface area contributed by atoms with Gasteiger partial charge in [0.2, 0.25) is 0 Å². The van der Waals surface area contributed by atoms with Crippen LogP contribution in [0.4, 0.5) is 5.13 Å². The summed E-state index contributed by atoms with van der Waals surface area (Å²) in [5.41, 5.74) is 9.19. The number of benzene rings is 2. The Balaban J connectivity index is 0.00000127. The molecule has 0 fully saturated rings. The third-order valence-corrected chi connectivity index (χ3v) is 6.90. The number of anilines is 1. The molecule has 1 aliphatic rings. The molecule has 1 atom stereocenters. The molecule has 1 aliphatic heterocycles. The Kier molecular flexibility index (Phi) is 16.2. The van der Waals surface area contributed by atoms with Gasteiger partial charge in [0.1, 0.15) is 0 Å². The normalized spacial score (nSPS) is 13.7. The van der Waals surface area contributed by atoms with E-state index in [1.165, 1.54) is 23.7 Å². The topological polar surface area (TPSA) is 57.9 Å². The summed E-state index contributed by atoms with van der Waals surface area (Å²) in [6.45, 7) is 9.70. The minimum Gasteiger partial charge on any atom is -0.358 e. The summed E-state index contributed by atoms with van der Waals surface area (Å²) < 4.78 is 1.11. The molecule has 0 aliphatic carbocycles. The van der Waals surface area contributed by atoms with Gasteiger partial charge < -0.3 is 23.0 Å². The second-order valence-corrected chi connectivity index (χ2v) is 8.82. The van der Waals surface area contributed by atoms with Crippen molar-refractivity contribution < 1.29 is 31.1 Å². The fourth-order valence-corrected chi connectivity index (χ4v) is 5.48. The number of hydrogen-bond acceptors (Lipinski definition) is 5. The summed E-state index contributed by atoms with van der Waals surface area (Å²) in [7, 11) is 1.50. The summed E-state index contributed by atoms with van der Waals surface area (Å²) in [5, 5.41) is 3.75. The number of aromatic nitrogens is 2. The Morgan fingerprint density at radius 3 is 2.35 bits per heavy atom. The predicted octanol–water partition coefficient (Wildman–Crippen LogP) is 8.20. The van der Waals surface area contributed by atoms with E-state index < -0.39 is 0 Å². The van der Waals surface area contributed by atoms with Crippen molar-refractivity contribution in [1.29, 1.82) is 0 Å². The molecule has 34 heavy (non-hydrogen) atoms. The summed E-state index contributed by atoms with van der Waals surface area (Å²) in [4.78, 5) is 10.7. The first-order valence-electron chi connectivity index (χ1n) is 10.9. The Bertz CT molecular complexity index is 1150. The van der Waals surface area contributed by atoms with Crippen molar-refractivity contribution in [3.8, 4) is 0 Å². The second kappa shape index (κ2) is 16.4. The molecule has 5 rings (SSSR count). The average molecular weight is 765 g/mol. The van der Waals surface area contributed by atoms with Gasteiger partial charge in [0.05, 0.1) is 16.8 Å². The van der Waals surface area contributed by atoms with Crippen LogP contribution in [0.1, 0.15) is 44.9 Å². The molecule has 0 saturated carbocycles. The molecule has 2 aromatic carbocycles. The number of fused-ring (bicyclic) bond motifs is 4. The Morgan fingerprint density at radius 2 is 1.71 bits per heavy atom. The first kappa shape index (κ1) is 33.6. The summed E-state index contributed by atoms with van der Waals surface area (Å²) in [5.74, 6) is 1.10. The summed E-state index contributed by atoms with van der Waals surface area (Å²) >= 11 is 18.7. The fourth-order valence-electron chi connectivity index (χ4n) is 3.76. The van der Waals surface area contributed by atoms with E-state index in [4.69, 9.17) is 28.2 Å². The van der Waals surface area contributed by atoms with Crippen LogP contribution in [0.2, 0.25) is 10.0 Å². The molecule has 186 valence electrons. The number of H-pyrrole nitrogens is 1. The number of rotatable bonds is 2. The van der Waals surface area contributed by atoms with E-state index in [1.54, 1.807) is 11.3 Å². The van der Waals surface area contributed by atoms with Crippen LogP contribution in [0.15, 0.2) is 36.4 Å². The van der Waals surface area contributed by atoms with Crippen molar-refractivity contribution in [3.05, 3.63) is 65.1 Å².